The highest BCUT2D eigenvalue weighted by Gasteiger charge is 2.44. The molecule has 8 nitrogen and oxygen atoms in total. The normalized spacial score (nSPS) is 18.6. The van der Waals surface area contributed by atoms with Crippen molar-refractivity contribution in [1.29, 1.82) is 0 Å². The molecule has 202 valence electrons. The summed E-state index contributed by atoms with van der Waals surface area (Å²) in [6.07, 6.45) is 7.84. The Morgan fingerprint density at radius 1 is 1.07 bits per heavy atom. The van der Waals surface area contributed by atoms with Gasteiger partial charge < -0.3 is 5.32 Å². The highest BCUT2D eigenvalue weighted by Crippen LogP contribution is 2.48. The Hall–Kier alpha value is -3.95. The van der Waals surface area contributed by atoms with Gasteiger partial charge in [-0.3, -0.25) is 24.7 Å². The average Bonchev–Trinajstić information content (AvgIpc) is 3.63. The predicted octanol–water partition coefficient (Wildman–Crippen LogP) is 6.23. The molecule has 0 unspecified atom stereocenters. The number of ketones is 1. The Morgan fingerprint density at radius 3 is 2.62 bits per heavy atom. The largest absolute Gasteiger partial charge is 0.320 e. The highest BCUT2D eigenvalue weighted by molar-refractivity contribution is 6.39. The molecule has 4 aliphatic rings. The molecule has 2 saturated carbocycles. The maximum atomic E-state index is 14.2. The number of halogens is 2. The maximum Gasteiger partial charge on any atom is 0.278 e. The monoisotopic (exact) mass is 558 g/mol. The molecule has 2 aromatic carbocycles. The summed E-state index contributed by atoms with van der Waals surface area (Å²) in [5.41, 5.74) is 5.54. The van der Waals surface area contributed by atoms with Gasteiger partial charge in [0, 0.05) is 28.2 Å². The molecule has 1 aromatic heterocycles. The summed E-state index contributed by atoms with van der Waals surface area (Å²) in [4.78, 5) is 54.3. The summed E-state index contributed by atoms with van der Waals surface area (Å²) < 4.78 is 14.2. The van der Waals surface area contributed by atoms with Crippen molar-refractivity contribution >= 4 is 46.3 Å². The number of amides is 2. The Kier molecular flexibility index (Phi) is 5.83. The van der Waals surface area contributed by atoms with Crippen LogP contribution in [-0.4, -0.2) is 28.3 Å². The van der Waals surface area contributed by atoms with Crippen molar-refractivity contribution in [3.8, 4) is 0 Å². The van der Waals surface area contributed by atoms with Gasteiger partial charge in [0.05, 0.1) is 33.9 Å². The molecule has 2 aliphatic heterocycles. The summed E-state index contributed by atoms with van der Waals surface area (Å²) >= 11 is 6.38. The van der Waals surface area contributed by atoms with Crippen LogP contribution < -0.4 is 10.8 Å². The minimum atomic E-state index is -0.592. The van der Waals surface area contributed by atoms with Crippen LogP contribution in [0.1, 0.15) is 92.8 Å². The standard InChI is InChI=1S/C30H24ClFN4O4/c31-21-7-6-17(32)12-18(21)26-25-19(28(38)35-26)10-16(27(37)15-4-3-5-15)11-22(25)34-29(39)23-13-20-24(14-33-23)36-40-30(20)8-1-2-9-30/h6-7,10-15,36H,1-5,8-9H2,(H,34,39). The fourth-order valence-corrected chi connectivity index (χ4v) is 6.26. The van der Waals surface area contributed by atoms with E-state index in [1.54, 1.807) is 18.3 Å². The van der Waals surface area contributed by atoms with Crippen LogP contribution >= 0.6 is 11.6 Å². The fraction of sp³-hybridized carbons (Fsp3) is 0.300. The van der Waals surface area contributed by atoms with Crippen molar-refractivity contribution in [1.82, 2.24) is 4.98 Å². The van der Waals surface area contributed by atoms with Gasteiger partial charge in [0.15, 0.2) is 5.78 Å². The van der Waals surface area contributed by atoms with Crippen LogP contribution in [0.2, 0.25) is 5.02 Å². The lowest BCUT2D eigenvalue weighted by Gasteiger charge is -2.24. The third-order valence-corrected chi connectivity index (χ3v) is 8.74. The van der Waals surface area contributed by atoms with E-state index >= 15 is 0 Å². The van der Waals surface area contributed by atoms with Crippen LogP contribution in [0.4, 0.5) is 15.8 Å². The van der Waals surface area contributed by atoms with Gasteiger partial charge in [0.25, 0.3) is 11.8 Å². The van der Waals surface area contributed by atoms with Crippen molar-refractivity contribution in [2.75, 3.05) is 10.8 Å². The SMILES string of the molecule is O=C(Nc1cc(C(=O)C2CCC2)cc2c1C(c1cc(F)ccc1Cl)=NC2=O)c1cc2c(cn1)NOC21CCCC1. The smallest absolute Gasteiger partial charge is 0.278 e. The second kappa shape index (κ2) is 9.31. The number of nitrogens with zero attached hydrogens (tertiary/aromatic N) is 2. The van der Waals surface area contributed by atoms with Crippen molar-refractivity contribution in [3.63, 3.8) is 0 Å². The molecule has 0 saturated heterocycles. The number of aliphatic imine (C=N–C) groups is 1. The van der Waals surface area contributed by atoms with Crippen LogP contribution in [0.15, 0.2) is 47.6 Å². The Labute approximate surface area is 234 Å². The first-order valence-electron chi connectivity index (χ1n) is 13.4. The number of anilines is 2. The third kappa shape index (κ3) is 3.95. The zero-order valence-electron chi connectivity index (χ0n) is 21.4. The molecule has 2 amide bonds. The van der Waals surface area contributed by atoms with Crippen LogP contribution in [0.3, 0.4) is 0 Å². The van der Waals surface area contributed by atoms with Crippen LogP contribution in [0.25, 0.3) is 0 Å². The van der Waals surface area contributed by atoms with Crippen molar-refractivity contribution in [2.24, 2.45) is 10.9 Å². The summed E-state index contributed by atoms with van der Waals surface area (Å²) in [6, 6.07) is 8.59. The van der Waals surface area contributed by atoms with Crippen LogP contribution in [0, 0.1) is 11.7 Å². The first-order valence-corrected chi connectivity index (χ1v) is 13.8. The van der Waals surface area contributed by atoms with Gasteiger partial charge in [-0.15, -0.1) is 0 Å². The molecule has 0 bridgehead atoms. The molecule has 3 heterocycles. The molecule has 1 spiro atoms. The van der Waals surface area contributed by atoms with Gasteiger partial charge in [0.2, 0.25) is 0 Å². The molecular weight excluding hydrogens is 535 g/mol. The predicted molar refractivity (Wildman–Crippen MR) is 147 cm³/mol. The highest BCUT2D eigenvalue weighted by atomic mass is 35.5. The number of carbonyl (C=O) groups is 3. The van der Waals surface area contributed by atoms with E-state index in [1.807, 2.05) is 0 Å². The number of hydrogen-bond donors (Lipinski definition) is 2. The Balaban J connectivity index is 1.31. The van der Waals surface area contributed by atoms with Gasteiger partial charge in [-0.25, -0.2) is 14.4 Å². The molecule has 10 heteroatoms. The van der Waals surface area contributed by atoms with E-state index in [0.29, 0.717) is 5.56 Å². The Morgan fingerprint density at radius 2 is 1.88 bits per heavy atom. The zero-order chi connectivity index (χ0) is 27.6. The lowest BCUT2D eigenvalue weighted by molar-refractivity contribution is 0.00883. The number of nitrogens with one attached hydrogen (secondary N) is 2. The number of fused-ring (bicyclic) bond motifs is 3. The van der Waals surface area contributed by atoms with Gasteiger partial charge >= 0.3 is 0 Å². The quantitative estimate of drug-likeness (QED) is 0.359. The topological polar surface area (TPSA) is 110 Å². The lowest BCUT2D eigenvalue weighted by Crippen LogP contribution is -2.24. The minimum Gasteiger partial charge on any atom is -0.320 e. The molecular formula is C30H24ClFN4O4. The molecule has 2 N–H and O–H groups in total. The number of benzene rings is 2. The first kappa shape index (κ1) is 25.0. The second-order valence-corrected chi connectivity index (χ2v) is 11.2. The number of pyridine rings is 1. The average molecular weight is 559 g/mol. The van der Waals surface area contributed by atoms with Crippen LogP contribution in [0.5, 0.6) is 0 Å². The summed E-state index contributed by atoms with van der Waals surface area (Å²) in [6.45, 7) is 0. The van der Waals surface area contributed by atoms with Crippen molar-refractivity contribution < 1.29 is 23.6 Å². The zero-order valence-corrected chi connectivity index (χ0v) is 22.1. The van der Waals surface area contributed by atoms with E-state index in [1.165, 1.54) is 24.3 Å². The summed E-state index contributed by atoms with van der Waals surface area (Å²) in [5.74, 6) is -1.88. The van der Waals surface area contributed by atoms with E-state index in [9.17, 15) is 18.8 Å². The van der Waals surface area contributed by atoms with E-state index in [2.05, 4.69) is 20.8 Å². The molecule has 2 fully saturated rings. The fourth-order valence-electron chi connectivity index (χ4n) is 6.05. The molecule has 2 aliphatic carbocycles. The first-order chi connectivity index (χ1) is 19.3. The van der Waals surface area contributed by atoms with Gasteiger partial charge in [-0.2, -0.15) is 0 Å². The minimum absolute atomic E-state index is 0.0864. The van der Waals surface area contributed by atoms with Crippen molar-refractivity contribution in [2.45, 2.75) is 50.5 Å². The molecule has 0 radical (unpaired) electrons. The van der Waals surface area contributed by atoms with E-state index in [0.717, 1.165) is 56.2 Å². The Bertz CT molecular complexity index is 1660. The van der Waals surface area contributed by atoms with Gasteiger partial charge in [-0.1, -0.05) is 18.0 Å². The number of hydrogen-bond acceptors (Lipinski definition) is 6. The number of aromatic nitrogens is 1. The van der Waals surface area contributed by atoms with Gasteiger partial charge in [0.1, 0.15) is 17.1 Å². The molecule has 3 aromatic rings. The number of carbonyl (C=O) groups excluding carboxylic acids is 3. The van der Waals surface area contributed by atoms with E-state index in [4.69, 9.17) is 16.4 Å². The second-order valence-electron chi connectivity index (χ2n) is 10.8. The van der Waals surface area contributed by atoms with Crippen molar-refractivity contribution in [3.05, 3.63) is 86.9 Å². The summed E-state index contributed by atoms with van der Waals surface area (Å²) in [7, 11) is 0. The molecule has 7 rings (SSSR count). The summed E-state index contributed by atoms with van der Waals surface area (Å²) in [5, 5.41) is 3.07. The van der Waals surface area contributed by atoms with Gasteiger partial charge in [-0.05, 0) is 74.9 Å². The lowest BCUT2D eigenvalue weighted by atomic mass is 9.79. The number of rotatable bonds is 5. The third-order valence-electron chi connectivity index (χ3n) is 8.41. The van der Waals surface area contributed by atoms with E-state index in [-0.39, 0.29) is 50.5 Å². The van der Waals surface area contributed by atoms with E-state index < -0.39 is 23.2 Å². The maximum absolute atomic E-state index is 14.2. The molecule has 40 heavy (non-hydrogen) atoms. The number of Topliss-reactive ketones (excluding diaryl/α,β-unsaturated/α-hetero) is 1. The van der Waals surface area contributed by atoms with Crippen LogP contribution in [-0.2, 0) is 10.4 Å². The molecule has 0 atom stereocenters.